The van der Waals surface area contributed by atoms with Gasteiger partial charge in [-0.2, -0.15) is 0 Å². The molecule has 118 valence electrons. The molecule has 5 heteroatoms. The van der Waals surface area contributed by atoms with Crippen LogP contribution in [0, 0.1) is 0 Å². The second kappa shape index (κ2) is 5.24. The standard InChI is InChI=1S/C18H17ClN2O2/c1-2-3-4-11-9-15(22)21-8-7-20-14-6-5-12(19)10-13(14)17(23)16(11)18(20)21/h5-6,9-10H,2-4,7-8H2,1H3. The molecule has 0 unspecified atom stereocenters. The van der Waals surface area contributed by atoms with Crippen LogP contribution in [0.3, 0.4) is 0 Å². The predicted octanol–water partition coefficient (Wildman–Crippen LogP) is 3.33. The third kappa shape index (κ3) is 2.05. The Morgan fingerprint density at radius 2 is 1.91 bits per heavy atom. The van der Waals surface area contributed by atoms with Crippen LogP contribution >= 0.6 is 11.6 Å². The number of hydrogen-bond acceptors (Lipinski definition) is 2. The highest BCUT2D eigenvalue weighted by Crippen LogP contribution is 2.26. The number of benzene rings is 1. The predicted molar refractivity (Wildman–Crippen MR) is 93.6 cm³/mol. The van der Waals surface area contributed by atoms with Crippen LogP contribution in [0.1, 0.15) is 25.3 Å². The molecular formula is C18H17ClN2O2. The summed E-state index contributed by atoms with van der Waals surface area (Å²) in [6.07, 6.45) is 2.74. The number of fused-ring (bicyclic) bond motifs is 2. The quantitative estimate of drug-likeness (QED) is 0.692. The van der Waals surface area contributed by atoms with Crippen molar-refractivity contribution in [2.45, 2.75) is 39.3 Å². The van der Waals surface area contributed by atoms with E-state index in [4.69, 9.17) is 11.6 Å². The van der Waals surface area contributed by atoms with Crippen LogP contribution in [-0.4, -0.2) is 9.13 Å². The van der Waals surface area contributed by atoms with Crippen LogP contribution in [0.15, 0.2) is 33.9 Å². The molecule has 0 spiro atoms. The van der Waals surface area contributed by atoms with E-state index in [0.717, 1.165) is 36.0 Å². The first-order valence-electron chi connectivity index (χ1n) is 8.00. The lowest BCUT2D eigenvalue weighted by Crippen LogP contribution is -2.21. The van der Waals surface area contributed by atoms with Gasteiger partial charge in [0.15, 0.2) is 5.43 Å². The van der Waals surface area contributed by atoms with Gasteiger partial charge in [-0.25, -0.2) is 0 Å². The van der Waals surface area contributed by atoms with Gasteiger partial charge in [-0.1, -0.05) is 24.9 Å². The Morgan fingerprint density at radius 3 is 2.70 bits per heavy atom. The monoisotopic (exact) mass is 328 g/mol. The van der Waals surface area contributed by atoms with E-state index in [2.05, 4.69) is 11.5 Å². The number of halogens is 1. The molecule has 1 aliphatic rings. The minimum Gasteiger partial charge on any atom is -0.325 e. The van der Waals surface area contributed by atoms with Gasteiger partial charge < -0.3 is 4.57 Å². The molecule has 1 aliphatic heterocycles. The van der Waals surface area contributed by atoms with Crippen molar-refractivity contribution in [3.05, 3.63) is 55.4 Å². The summed E-state index contributed by atoms with van der Waals surface area (Å²) in [6.45, 7) is 3.43. The molecule has 0 bridgehead atoms. The maximum atomic E-state index is 13.1. The minimum atomic E-state index is -0.0181. The third-order valence-electron chi connectivity index (χ3n) is 4.69. The lowest BCUT2D eigenvalue weighted by molar-refractivity contribution is 0.680. The molecule has 0 saturated heterocycles. The molecule has 0 radical (unpaired) electrons. The van der Waals surface area contributed by atoms with Gasteiger partial charge in [0.05, 0.1) is 10.9 Å². The minimum absolute atomic E-state index is 0.0115. The van der Waals surface area contributed by atoms with Gasteiger partial charge in [0.1, 0.15) is 5.65 Å². The Kier molecular flexibility index (Phi) is 3.31. The zero-order valence-electron chi connectivity index (χ0n) is 12.9. The Labute approximate surface area is 137 Å². The molecule has 0 atom stereocenters. The highest BCUT2D eigenvalue weighted by atomic mass is 35.5. The van der Waals surface area contributed by atoms with Crippen LogP contribution in [0.25, 0.3) is 21.9 Å². The van der Waals surface area contributed by atoms with E-state index in [-0.39, 0.29) is 11.0 Å². The fourth-order valence-corrected chi connectivity index (χ4v) is 3.76. The van der Waals surface area contributed by atoms with Crippen LogP contribution in [0.2, 0.25) is 5.02 Å². The third-order valence-corrected chi connectivity index (χ3v) is 4.92. The fourth-order valence-electron chi connectivity index (χ4n) is 3.59. The van der Waals surface area contributed by atoms with E-state index < -0.39 is 0 Å². The second-order valence-electron chi connectivity index (χ2n) is 6.10. The van der Waals surface area contributed by atoms with Gasteiger partial charge in [0.25, 0.3) is 5.56 Å². The van der Waals surface area contributed by atoms with E-state index in [1.54, 1.807) is 22.8 Å². The first-order valence-corrected chi connectivity index (χ1v) is 8.38. The van der Waals surface area contributed by atoms with E-state index in [9.17, 15) is 9.59 Å². The highest BCUT2D eigenvalue weighted by molar-refractivity contribution is 6.31. The van der Waals surface area contributed by atoms with Gasteiger partial charge >= 0.3 is 0 Å². The van der Waals surface area contributed by atoms with Crippen LogP contribution in [0.5, 0.6) is 0 Å². The molecule has 0 aliphatic carbocycles. The van der Waals surface area contributed by atoms with Crippen molar-refractivity contribution in [3.63, 3.8) is 0 Å². The lowest BCUT2D eigenvalue weighted by Gasteiger charge is -2.12. The average molecular weight is 329 g/mol. The topological polar surface area (TPSA) is 44.0 Å². The molecule has 3 heterocycles. The number of pyridine rings is 2. The van der Waals surface area contributed by atoms with Crippen molar-refractivity contribution in [2.24, 2.45) is 0 Å². The number of aryl methyl sites for hydroxylation is 3. The summed E-state index contributed by atoms with van der Waals surface area (Å²) in [5.41, 5.74) is 2.46. The number of rotatable bonds is 3. The number of nitrogens with zero attached hydrogens (tertiary/aromatic N) is 2. The summed E-state index contributed by atoms with van der Waals surface area (Å²) < 4.78 is 3.81. The van der Waals surface area contributed by atoms with E-state index in [0.29, 0.717) is 28.9 Å². The molecular weight excluding hydrogens is 312 g/mol. The Bertz CT molecular complexity index is 1060. The van der Waals surface area contributed by atoms with Crippen molar-refractivity contribution < 1.29 is 0 Å². The van der Waals surface area contributed by atoms with Gasteiger partial charge in [-0.3, -0.25) is 14.2 Å². The Morgan fingerprint density at radius 1 is 1.13 bits per heavy atom. The first-order chi connectivity index (χ1) is 11.1. The molecule has 0 amide bonds. The molecule has 0 N–H and O–H groups in total. The zero-order chi connectivity index (χ0) is 16.1. The summed E-state index contributed by atoms with van der Waals surface area (Å²) in [6, 6.07) is 7.04. The molecule has 4 rings (SSSR count). The van der Waals surface area contributed by atoms with E-state index >= 15 is 0 Å². The summed E-state index contributed by atoms with van der Waals surface area (Å²) in [5.74, 6) is 0. The lowest BCUT2D eigenvalue weighted by atomic mass is 10.0. The van der Waals surface area contributed by atoms with Gasteiger partial charge in [-0.15, -0.1) is 0 Å². The van der Waals surface area contributed by atoms with E-state index in [1.807, 2.05) is 6.07 Å². The second-order valence-corrected chi connectivity index (χ2v) is 6.54. The average Bonchev–Trinajstić information content (AvgIpc) is 2.97. The highest BCUT2D eigenvalue weighted by Gasteiger charge is 2.22. The fraction of sp³-hybridized carbons (Fsp3) is 0.333. The van der Waals surface area contributed by atoms with Crippen LogP contribution in [-0.2, 0) is 19.5 Å². The maximum Gasteiger partial charge on any atom is 0.252 e. The van der Waals surface area contributed by atoms with E-state index in [1.165, 1.54) is 0 Å². The maximum absolute atomic E-state index is 13.1. The largest absolute Gasteiger partial charge is 0.325 e. The van der Waals surface area contributed by atoms with Crippen LogP contribution in [0.4, 0.5) is 0 Å². The molecule has 23 heavy (non-hydrogen) atoms. The summed E-state index contributed by atoms with van der Waals surface area (Å²) in [7, 11) is 0. The molecule has 1 aromatic carbocycles. The number of aromatic nitrogens is 2. The SMILES string of the molecule is CCCCc1cc(=O)n2c3c1c(=O)c1cc(Cl)ccc1n3CC2. The number of unbranched alkanes of at least 4 members (excludes halogenated alkanes) is 1. The van der Waals surface area contributed by atoms with Crippen molar-refractivity contribution in [2.75, 3.05) is 0 Å². The smallest absolute Gasteiger partial charge is 0.252 e. The normalized spacial score (nSPS) is 13.3. The molecule has 3 aromatic rings. The summed E-state index contributed by atoms with van der Waals surface area (Å²) in [4.78, 5) is 25.5. The van der Waals surface area contributed by atoms with Gasteiger partial charge in [-0.05, 0) is 36.6 Å². The van der Waals surface area contributed by atoms with Crippen molar-refractivity contribution in [3.8, 4) is 0 Å². The van der Waals surface area contributed by atoms with Crippen molar-refractivity contribution >= 4 is 33.5 Å². The summed E-state index contributed by atoms with van der Waals surface area (Å²) in [5, 5.41) is 1.88. The molecule has 4 nitrogen and oxygen atoms in total. The summed E-state index contributed by atoms with van der Waals surface area (Å²) >= 11 is 6.10. The van der Waals surface area contributed by atoms with Gasteiger partial charge in [0, 0.05) is 29.6 Å². The van der Waals surface area contributed by atoms with Crippen molar-refractivity contribution in [1.82, 2.24) is 9.13 Å². The number of hydrogen-bond donors (Lipinski definition) is 0. The van der Waals surface area contributed by atoms with Crippen molar-refractivity contribution in [1.29, 1.82) is 0 Å². The molecule has 0 saturated carbocycles. The first kappa shape index (κ1) is 14.5. The van der Waals surface area contributed by atoms with Gasteiger partial charge in [0.2, 0.25) is 0 Å². The Hall–Kier alpha value is -2.07. The molecule has 0 fully saturated rings. The molecule has 2 aromatic heterocycles. The van der Waals surface area contributed by atoms with Crippen LogP contribution < -0.4 is 11.0 Å². The Balaban J connectivity index is 2.22. The zero-order valence-corrected chi connectivity index (χ0v) is 13.7.